The van der Waals surface area contributed by atoms with Gasteiger partial charge in [0.1, 0.15) is 0 Å². The number of nitrogens with zero attached hydrogens (tertiary/aromatic N) is 3. The lowest BCUT2D eigenvalue weighted by atomic mass is 10.1. The average molecular weight is 335 g/mol. The molecule has 136 valence electrons. The predicted octanol–water partition coefficient (Wildman–Crippen LogP) is 1.11. The normalized spacial score (nSPS) is 15.9. The van der Waals surface area contributed by atoms with Crippen LogP contribution in [0.2, 0.25) is 0 Å². The van der Waals surface area contributed by atoms with Gasteiger partial charge in [-0.25, -0.2) is 0 Å². The topological polar surface area (TPSA) is 62.2 Å². The van der Waals surface area contributed by atoms with Crippen LogP contribution in [0.25, 0.3) is 0 Å². The highest BCUT2D eigenvalue weighted by Crippen LogP contribution is 2.15. The number of amides is 1. The van der Waals surface area contributed by atoms with Crippen molar-refractivity contribution < 1.29 is 4.79 Å². The van der Waals surface area contributed by atoms with E-state index in [1.165, 1.54) is 0 Å². The first-order chi connectivity index (χ1) is 11.5. The molecular weight excluding hydrogens is 302 g/mol. The molecule has 1 fully saturated rings. The van der Waals surface area contributed by atoms with Gasteiger partial charge in [-0.1, -0.05) is 13.8 Å². The number of aromatic nitrogens is 2. The highest BCUT2D eigenvalue weighted by molar-refractivity contribution is 5.79. The minimum Gasteiger partial charge on any atom is -0.356 e. The summed E-state index contributed by atoms with van der Waals surface area (Å²) >= 11 is 0. The third-order valence-electron chi connectivity index (χ3n) is 4.59. The van der Waals surface area contributed by atoms with Crippen LogP contribution in [-0.2, 0) is 17.8 Å². The second-order valence-electron chi connectivity index (χ2n) is 7.20. The Balaban J connectivity index is 1.74. The van der Waals surface area contributed by atoms with Crippen LogP contribution in [0.15, 0.2) is 0 Å². The molecule has 2 rings (SSSR count). The standard InChI is InChI=1S/C18H33N5O/c1-14(2)13-23-16(4)17(15(3)21-23)12-18(24)20-6-5-9-22-10-7-19-8-11-22/h14,19H,5-13H2,1-4H3,(H,20,24). The van der Waals surface area contributed by atoms with Crippen LogP contribution in [0.4, 0.5) is 0 Å². The van der Waals surface area contributed by atoms with Crippen molar-refractivity contribution in [2.24, 2.45) is 5.92 Å². The molecule has 0 bridgehead atoms. The zero-order valence-electron chi connectivity index (χ0n) is 15.7. The lowest BCUT2D eigenvalue weighted by Gasteiger charge is -2.27. The van der Waals surface area contributed by atoms with Crippen molar-refractivity contribution in [3.8, 4) is 0 Å². The highest BCUT2D eigenvalue weighted by atomic mass is 16.1. The summed E-state index contributed by atoms with van der Waals surface area (Å²) in [7, 11) is 0. The molecule has 1 aliphatic rings. The fourth-order valence-electron chi connectivity index (χ4n) is 3.20. The van der Waals surface area contributed by atoms with E-state index in [9.17, 15) is 4.79 Å². The van der Waals surface area contributed by atoms with E-state index in [0.29, 0.717) is 12.3 Å². The summed E-state index contributed by atoms with van der Waals surface area (Å²) in [6.45, 7) is 15.5. The molecule has 24 heavy (non-hydrogen) atoms. The van der Waals surface area contributed by atoms with Gasteiger partial charge >= 0.3 is 0 Å². The van der Waals surface area contributed by atoms with Gasteiger partial charge in [-0.05, 0) is 32.7 Å². The fourth-order valence-corrected chi connectivity index (χ4v) is 3.20. The van der Waals surface area contributed by atoms with E-state index in [4.69, 9.17) is 0 Å². The Morgan fingerprint density at radius 3 is 2.67 bits per heavy atom. The van der Waals surface area contributed by atoms with E-state index in [0.717, 1.165) is 69.2 Å². The van der Waals surface area contributed by atoms with Crippen LogP contribution in [0.3, 0.4) is 0 Å². The summed E-state index contributed by atoms with van der Waals surface area (Å²) < 4.78 is 2.03. The largest absolute Gasteiger partial charge is 0.356 e. The van der Waals surface area contributed by atoms with E-state index < -0.39 is 0 Å². The van der Waals surface area contributed by atoms with Crippen molar-refractivity contribution >= 4 is 5.91 Å². The maximum atomic E-state index is 12.2. The van der Waals surface area contributed by atoms with Crippen molar-refractivity contribution in [1.29, 1.82) is 0 Å². The number of nitrogens with one attached hydrogen (secondary N) is 2. The maximum absolute atomic E-state index is 12.2. The Kier molecular flexibility index (Phi) is 7.24. The predicted molar refractivity (Wildman–Crippen MR) is 97.2 cm³/mol. The first-order valence-corrected chi connectivity index (χ1v) is 9.20. The molecular formula is C18H33N5O. The average Bonchev–Trinajstić information content (AvgIpc) is 2.79. The molecule has 2 N–H and O–H groups in total. The monoisotopic (exact) mass is 335 g/mol. The van der Waals surface area contributed by atoms with Gasteiger partial charge in [-0.3, -0.25) is 9.48 Å². The molecule has 1 amide bonds. The Labute approximate surface area is 146 Å². The minimum absolute atomic E-state index is 0.102. The number of carbonyl (C=O) groups excluding carboxylic acids is 1. The smallest absolute Gasteiger partial charge is 0.224 e. The van der Waals surface area contributed by atoms with Crippen LogP contribution in [0.5, 0.6) is 0 Å². The Morgan fingerprint density at radius 2 is 2.00 bits per heavy atom. The highest BCUT2D eigenvalue weighted by Gasteiger charge is 2.15. The van der Waals surface area contributed by atoms with Crippen molar-refractivity contribution in [2.45, 2.75) is 47.1 Å². The molecule has 0 saturated carbocycles. The number of piperazine rings is 1. The Hall–Kier alpha value is -1.40. The van der Waals surface area contributed by atoms with Gasteiger partial charge in [0.2, 0.25) is 5.91 Å². The molecule has 1 aromatic heterocycles. The van der Waals surface area contributed by atoms with E-state index in [-0.39, 0.29) is 5.91 Å². The summed E-state index contributed by atoms with van der Waals surface area (Å²) in [5.41, 5.74) is 3.18. The molecule has 0 aromatic carbocycles. The van der Waals surface area contributed by atoms with E-state index in [2.05, 4.69) is 41.4 Å². The number of carbonyl (C=O) groups is 1. The van der Waals surface area contributed by atoms with Gasteiger partial charge in [-0.2, -0.15) is 5.10 Å². The number of aryl methyl sites for hydroxylation is 1. The Bertz CT molecular complexity index is 532. The second kappa shape index (κ2) is 9.18. The first kappa shape index (κ1) is 18.9. The third-order valence-corrected chi connectivity index (χ3v) is 4.59. The Morgan fingerprint density at radius 1 is 1.29 bits per heavy atom. The maximum Gasteiger partial charge on any atom is 0.224 e. The molecule has 0 radical (unpaired) electrons. The number of rotatable bonds is 8. The third kappa shape index (κ3) is 5.60. The van der Waals surface area contributed by atoms with E-state index >= 15 is 0 Å². The summed E-state index contributed by atoms with van der Waals surface area (Å²) in [6.07, 6.45) is 1.44. The van der Waals surface area contributed by atoms with Gasteiger partial charge in [0.25, 0.3) is 0 Å². The number of hydrogen-bond acceptors (Lipinski definition) is 4. The molecule has 0 unspecified atom stereocenters. The molecule has 6 heteroatoms. The van der Waals surface area contributed by atoms with Crippen LogP contribution in [-0.4, -0.2) is 59.9 Å². The second-order valence-corrected chi connectivity index (χ2v) is 7.20. The molecule has 0 atom stereocenters. The molecule has 1 aliphatic heterocycles. The molecule has 6 nitrogen and oxygen atoms in total. The molecule has 0 spiro atoms. The summed E-state index contributed by atoms with van der Waals surface area (Å²) in [4.78, 5) is 14.7. The first-order valence-electron chi connectivity index (χ1n) is 9.20. The van der Waals surface area contributed by atoms with Crippen molar-refractivity contribution in [2.75, 3.05) is 39.3 Å². The molecule has 0 aliphatic carbocycles. The molecule has 1 aromatic rings. The quantitative estimate of drug-likeness (QED) is 0.699. The lowest BCUT2D eigenvalue weighted by molar-refractivity contribution is -0.120. The van der Waals surface area contributed by atoms with Gasteiger partial charge < -0.3 is 15.5 Å². The summed E-state index contributed by atoms with van der Waals surface area (Å²) in [5, 5.41) is 11.0. The van der Waals surface area contributed by atoms with Gasteiger partial charge in [0, 0.05) is 50.5 Å². The van der Waals surface area contributed by atoms with Crippen LogP contribution >= 0.6 is 0 Å². The molecule has 2 heterocycles. The van der Waals surface area contributed by atoms with E-state index in [1.54, 1.807) is 0 Å². The van der Waals surface area contributed by atoms with Gasteiger partial charge in [-0.15, -0.1) is 0 Å². The van der Waals surface area contributed by atoms with Crippen LogP contribution in [0, 0.1) is 19.8 Å². The van der Waals surface area contributed by atoms with Gasteiger partial charge in [0.15, 0.2) is 0 Å². The number of hydrogen-bond donors (Lipinski definition) is 2. The lowest BCUT2D eigenvalue weighted by Crippen LogP contribution is -2.44. The SMILES string of the molecule is Cc1nn(CC(C)C)c(C)c1CC(=O)NCCCN1CCNCC1. The summed E-state index contributed by atoms with van der Waals surface area (Å²) in [5.74, 6) is 0.653. The molecule has 1 saturated heterocycles. The van der Waals surface area contributed by atoms with Crippen LogP contribution in [0.1, 0.15) is 37.2 Å². The van der Waals surface area contributed by atoms with E-state index in [1.807, 2.05) is 11.6 Å². The van der Waals surface area contributed by atoms with Crippen LogP contribution < -0.4 is 10.6 Å². The van der Waals surface area contributed by atoms with Gasteiger partial charge in [0.05, 0.1) is 12.1 Å². The van der Waals surface area contributed by atoms with Crippen molar-refractivity contribution in [1.82, 2.24) is 25.3 Å². The fraction of sp³-hybridized carbons (Fsp3) is 0.778. The zero-order chi connectivity index (χ0) is 17.5. The zero-order valence-corrected chi connectivity index (χ0v) is 15.7. The minimum atomic E-state index is 0.102. The van der Waals surface area contributed by atoms with Crippen molar-refractivity contribution in [3.05, 3.63) is 17.0 Å². The van der Waals surface area contributed by atoms with Crippen molar-refractivity contribution in [3.63, 3.8) is 0 Å². The summed E-state index contributed by atoms with van der Waals surface area (Å²) in [6, 6.07) is 0.